The van der Waals surface area contributed by atoms with E-state index in [9.17, 15) is 14.4 Å². The second-order valence-corrected chi connectivity index (χ2v) is 12.5. The van der Waals surface area contributed by atoms with E-state index >= 15 is 4.39 Å². The molecular weight excluding hydrogens is 561 g/mol. The first kappa shape index (κ1) is 32.4. The SMILES string of the molecule is Cc1ccc(C(=O)N(CCCNC(=O)OC(C)(C)C)C(c2cc3c(F)c(C)nn3c(=O)n2Cc2ccccc2)C(C)C)cc1. The third kappa shape index (κ3) is 7.53. The number of hydrogen-bond donors (Lipinski definition) is 1. The van der Waals surface area contributed by atoms with Gasteiger partial charge in [0.1, 0.15) is 11.1 Å². The van der Waals surface area contributed by atoms with E-state index in [0.29, 0.717) is 17.7 Å². The molecule has 0 aliphatic rings. The van der Waals surface area contributed by atoms with Crippen molar-refractivity contribution in [3.8, 4) is 0 Å². The molecule has 1 N–H and O–H groups in total. The van der Waals surface area contributed by atoms with Gasteiger partial charge in [-0.15, -0.1) is 0 Å². The first-order valence-electron chi connectivity index (χ1n) is 14.9. The number of alkyl carbamates (subject to hydrolysis) is 1. The monoisotopic (exact) mass is 603 g/mol. The van der Waals surface area contributed by atoms with Crippen LogP contribution in [-0.4, -0.2) is 49.8 Å². The molecule has 2 aromatic carbocycles. The minimum absolute atomic E-state index is 0.0618. The predicted octanol–water partition coefficient (Wildman–Crippen LogP) is 6.05. The summed E-state index contributed by atoms with van der Waals surface area (Å²) in [6.07, 6.45) is -0.117. The van der Waals surface area contributed by atoms with Crippen molar-refractivity contribution in [3.05, 3.63) is 105 Å². The van der Waals surface area contributed by atoms with Crippen molar-refractivity contribution >= 4 is 17.5 Å². The zero-order valence-electron chi connectivity index (χ0n) is 26.6. The third-order valence-corrected chi connectivity index (χ3v) is 7.29. The standard InChI is InChI=1S/C34H42FN5O4/c1-22(2)30(28-20-27-29(35)24(4)37-40(27)33(43)39(28)21-25-12-9-8-10-13-25)38(31(41)26-16-14-23(3)15-17-26)19-11-18-36-32(42)44-34(5,6)7/h8-10,12-17,20,22,30H,11,18-19,21H2,1-7H3,(H,36,42). The van der Waals surface area contributed by atoms with Gasteiger partial charge in [-0.3, -0.25) is 9.36 Å². The van der Waals surface area contributed by atoms with E-state index < -0.39 is 29.2 Å². The normalized spacial score (nSPS) is 12.4. The van der Waals surface area contributed by atoms with E-state index in [-0.39, 0.29) is 42.7 Å². The van der Waals surface area contributed by atoms with Gasteiger partial charge in [0.2, 0.25) is 0 Å². The van der Waals surface area contributed by atoms with Crippen LogP contribution in [0.2, 0.25) is 0 Å². The lowest BCUT2D eigenvalue weighted by Gasteiger charge is -2.36. The number of rotatable bonds is 10. The van der Waals surface area contributed by atoms with Gasteiger partial charge in [-0.1, -0.05) is 61.9 Å². The molecule has 2 heterocycles. The quantitative estimate of drug-likeness (QED) is 0.223. The summed E-state index contributed by atoms with van der Waals surface area (Å²) < 4.78 is 23.3. The van der Waals surface area contributed by atoms with E-state index in [1.54, 1.807) is 48.4 Å². The first-order chi connectivity index (χ1) is 20.8. The van der Waals surface area contributed by atoms with Crippen LogP contribution in [-0.2, 0) is 11.3 Å². The molecule has 2 aromatic heterocycles. The van der Waals surface area contributed by atoms with Crippen LogP contribution in [0.25, 0.3) is 5.52 Å². The molecule has 1 atom stereocenters. The van der Waals surface area contributed by atoms with Gasteiger partial charge >= 0.3 is 11.8 Å². The average Bonchev–Trinajstić information content (AvgIpc) is 3.24. The molecule has 0 saturated carbocycles. The molecule has 0 fully saturated rings. The molecule has 10 heteroatoms. The summed E-state index contributed by atoms with van der Waals surface area (Å²) in [6.45, 7) is 13.5. The Morgan fingerprint density at radius 3 is 2.32 bits per heavy atom. The lowest BCUT2D eigenvalue weighted by molar-refractivity contribution is 0.0520. The second-order valence-electron chi connectivity index (χ2n) is 12.5. The molecule has 0 aliphatic carbocycles. The Kier molecular flexibility index (Phi) is 9.91. The van der Waals surface area contributed by atoms with Crippen LogP contribution >= 0.6 is 0 Å². The van der Waals surface area contributed by atoms with Gasteiger partial charge in [-0.2, -0.15) is 9.61 Å². The van der Waals surface area contributed by atoms with Crippen molar-refractivity contribution in [3.63, 3.8) is 0 Å². The lowest BCUT2D eigenvalue weighted by atomic mass is 9.96. The van der Waals surface area contributed by atoms with Crippen molar-refractivity contribution < 1.29 is 18.7 Å². The highest BCUT2D eigenvalue weighted by molar-refractivity contribution is 5.94. The molecule has 1 unspecified atom stereocenters. The molecule has 0 saturated heterocycles. The summed E-state index contributed by atoms with van der Waals surface area (Å²) in [5, 5.41) is 6.93. The molecule has 0 spiro atoms. The number of hydrogen-bond acceptors (Lipinski definition) is 5. The van der Waals surface area contributed by atoms with Crippen LogP contribution in [0.5, 0.6) is 0 Å². The fraction of sp³-hybridized carbons (Fsp3) is 0.412. The maximum atomic E-state index is 15.3. The highest BCUT2D eigenvalue weighted by Gasteiger charge is 2.32. The smallest absolute Gasteiger partial charge is 0.407 e. The molecular formula is C34H42FN5O4. The summed E-state index contributed by atoms with van der Waals surface area (Å²) in [4.78, 5) is 42.1. The number of carbonyl (C=O) groups excluding carboxylic acids is 2. The Hall–Kier alpha value is -4.47. The number of benzene rings is 2. The number of aromatic nitrogens is 3. The molecule has 9 nitrogen and oxygen atoms in total. The van der Waals surface area contributed by atoms with Crippen LogP contribution in [0.15, 0.2) is 65.5 Å². The Bertz CT molecular complexity index is 1670. The maximum Gasteiger partial charge on any atom is 0.407 e. The average molecular weight is 604 g/mol. The Morgan fingerprint density at radius 2 is 1.70 bits per heavy atom. The summed E-state index contributed by atoms with van der Waals surface area (Å²) >= 11 is 0. The molecule has 4 rings (SSSR count). The van der Waals surface area contributed by atoms with Gasteiger partial charge in [-0.05, 0) is 70.7 Å². The lowest BCUT2D eigenvalue weighted by Crippen LogP contribution is -2.43. The summed E-state index contributed by atoms with van der Waals surface area (Å²) in [5.41, 5.74) is 1.94. The molecule has 0 radical (unpaired) electrons. The Balaban J connectivity index is 1.80. The zero-order chi connectivity index (χ0) is 32.2. The van der Waals surface area contributed by atoms with Gasteiger partial charge in [0.15, 0.2) is 5.82 Å². The van der Waals surface area contributed by atoms with E-state index in [1.807, 2.05) is 63.2 Å². The molecule has 0 bridgehead atoms. The second kappa shape index (κ2) is 13.4. The van der Waals surface area contributed by atoms with Crippen LogP contribution in [0, 0.1) is 25.6 Å². The predicted molar refractivity (Wildman–Crippen MR) is 168 cm³/mol. The Labute approximate surface area is 257 Å². The van der Waals surface area contributed by atoms with Gasteiger partial charge in [0.05, 0.1) is 18.3 Å². The number of fused-ring (bicyclic) bond motifs is 1. The first-order valence-corrected chi connectivity index (χ1v) is 14.9. The number of nitrogens with zero attached hydrogens (tertiary/aromatic N) is 4. The highest BCUT2D eigenvalue weighted by atomic mass is 19.1. The summed E-state index contributed by atoms with van der Waals surface area (Å²) in [5.74, 6) is -0.973. The van der Waals surface area contributed by atoms with Gasteiger partial charge in [0.25, 0.3) is 5.91 Å². The maximum absolute atomic E-state index is 15.3. The van der Waals surface area contributed by atoms with E-state index in [4.69, 9.17) is 4.74 Å². The number of nitrogens with one attached hydrogen (secondary N) is 1. The van der Waals surface area contributed by atoms with Crippen LogP contribution in [0.1, 0.15) is 80.0 Å². The largest absolute Gasteiger partial charge is 0.444 e. The van der Waals surface area contributed by atoms with Crippen molar-refractivity contribution in [2.45, 2.75) is 73.1 Å². The number of aryl methyl sites for hydroxylation is 2. The summed E-state index contributed by atoms with van der Waals surface area (Å²) in [6, 6.07) is 17.8. The fourth-order valence-corrected chi connectivity index (χ4v) is 5.25. The van der Waals surface area contributed by atoms with Crippen LogP contribution in [0.3, 0.4) is 0 Å². The van der Waals surface area contributed by atoms with E-state index in [2.05, 4.69) is 10.4 Å². The van der Waals surface area contributed by atoms with Gasteiger partial charge in [0, 0.05) is 24.3 Å². The number of halogens is 1. The van der Waals surface area contributed by atoms with Gasteiger partial charge < -0.3 is 15.0 Å². The topological polar surface area (TPSA) is 97.9 Å². The number of ether oxygens (including phenoxy) is 1. The molecule has 0 aliphatic heterocycles. The van der Waals surface area contributed by atoms with E-state index in [0.717, 1.165) is 15.6 Å². The molecule has 2 amide bonds. The minimum atomic E-state index is -0.636. The number of carbonyl (C=O) groups is 2. The van der Waals surface area contributed by atoms with Crippen molar-refractivity contribution in [2.75, 3.05) is 13.1 Å². The number of amides is 2. The Morgan fingerprint density at radius 1 is 1.05 bits per heavy atom. The van der Waals surface area contributed by atoms with Crippen molar-refractivity contribution in [1.82, 2.24) is 24.4 Å². The van der Waals surface area contributed by atoms with Gasteiger partial charge in [-0.25, -0.2) is 14.0 Å². The summed E-state index contributed by atoms with van der Waals surface area (Å²) in [7, 11) is 0. The van der Waals surface area contributed by atoms with E-state index in [1.165, 1.54) is 6.92 Å². The fourth-order valence-electron chi connectivity index (χ4n) is 5.25. The highest BCUT2D eigenvalue weighted by Crippen LogP contribution is 2.32. The van der Waals surface area contributed by atoms with Crippen molar-refractivity contribution in [1.29, 1.82) is 0 Å². The molecule has 4 aromatic rings. The van der Waals surface area contributed by atoms with Crippen LogP contribution in [0.4, 0.5) is 9.18 Å². The molecule has 234 valence electrons. The van der Waals surface area contributed by atoms with Crippen LogP contribution < -0.4 is 11.0 Å². The molecule has 44 heavy (non-hydrogen) atoms. The minimum Gasteiger partial charge on any atom is -0.444 e. The zero-order valence-corrected chi connectivity index (χ0v) is 26.6. The third-order valence-electron chi connectivity index (χ3n) is 7.29. The van der Waals surface area contributed by atoms with Crippen molar-refractivity contribution in [2.24, 2.45) is 5.92 Å².